The number of nitrogens with one attached hydrogen (secondary N) is 1. The predicted octanol–water partition coefficient (Wildman–Crippen LogP) is 5.22. The smallest absolute Gasteiger partial charge is 0.159 e. The molecule has 31 heavy (non-hydrogen) atoms. The Labute approximate surface area is 183 Å². The Bertz CT molecular complexity index is 1110. The van der Waals surface area contributed by atoms with E-state index in [0.29, 0.717) is 5.92 Å². The van der Waals surface area contributed by atoms with Crippen molar-refractivity contribution in [2.24, 2.45) is 0 Å². The highest BCUT2D eigenvalue weighted by Crippen LogP contribution is 2.30. The molecule has 2 aromatic carbocycles. The van der Waals surface area contributed by atoms with E-state index in [1.165, 1.54) is 5.56 Å². The SMILES string of the molecule is Cc1[nH]c(C2CCN(Cc3ccccc3)CC2)nc1-c1cnc(-c2ccccc2)nc1. The topological polar surface area (TPSA) is 57.7 Å². The standard InChI is InChI=1S/C26H27N5/c1-19-24(23-16-27-25(28-17-23)21-10-6-3-7-11-21)30-26(29-19)22-12-14-31(15-13-22)18-20-8-4-2-5-9-20/h2-11,16-17,22H,12-15,18H2,1H3,(H,29,30). The van der Waals surface area contributed by atoms with Crippen molar-refractivity contribution in [1.82, 2.24) is 24.8 Å². The first-order valence-corrected chi connectivity index (χ1v) is 11.0. The summed E-state index contributed by atoms with van der Waals surface area (Å²) in [5.74, 6) is 2.31. The first kappa shape index (κ1) is 19.6. The highest BCUT2D eigenvalue weighted by molar-refractivity contribution is 5.62. The van der Waals surface area contributed by atoms with E-state index in [-0.39, 0.29) is 0 Å². The van der Waals surface area contributed by atoms with Crippen molar-refractivity contribution in [2.75, 3.05) is 13.1 Å². The van der Waals surface area contributed by atoms with E-state index in [2.05, 4.69) is 57.1 Å². The summed E-state index contributed by atoms with van der Waals surface area (Å²) in [5, 5.41) is 0. The minimum absolute atomic E-state index is 0.476. The molecule has 0 bridgehead atoms. The molecule has 0 unspecified atom stereocenters. The zero-order valence-electron chi connectivity index (χ0n) is 17.8. The van der Waals surface area contributed by atoms with Crippen molar-refractivity contribution in [1.29, 1.82) is 0 Å². The Balaban J connectivity index is 1.26. The van der Waals surface area contributed by atoms with Crippen LogP contribution in [0.25, 0.3) is 22.6 Å². The Kier molecular flexibility index (Phi) is 5.59. The third-order valence-corrected chi connectivity index (χ3v) is 6.08. The fourth-order valence-corrected chi connectivity index (χ4v) is 4.35. The fraction of sp³-hybridized carbons (Fsp3) is 0.269. The van der Waals surface area contributed by atoms with E-state index in [1.54, 1.807) is 0 Å². The number of hydrogen-bond acceptors (Lipinski definition) is 4. The largest absolute Gasteiger partial charge is 0.345 e. The number of rotatable bonds is 5. The van der Waals surface area contributed by atoms with E-state index in [0.717, 1.165) is 66.6 Å². The van der Waals surface area contributed by atoms with Gasteiger partial charge < -0.3 is 4.98 Å². The lowest BCUT2D eigenvalue weighted by Crippen LogP contribution is -2.32. The second-order valence-corrected chi connectivity index (χ2v) is 8.29. The van der Waals surface area contributed by atoms with Crippen molar-refractivity contribution in [3.63, 3.8) is 0 Å². The molecule has 3 heterocycles. The Morgan fingerprint density at radius 2 is 1.52 bits per heavy atom. The van der Waals surface area contributed by atoms with Gasteiger partial charge in [0.05, 0.1) is 5.69 Å². The van der Waals surface area contributed by atoms with Crippen LogP contribution in [0.15, 0.2) is 73.1 Å². The van der Waals surface area contributed by atoms with Crippen LogP contribution in [0.2, 0.25) is 0 Å². The molecule has 0 radical (unpaired) electrons. The monoisotopic (exact) mass is 409 g/mol. The summed E-state index contributed by atoms with van der Waals surface area (Å²) < 4.78 is 0. The number of imidazole rings is 1. The number of hydrogen-bond donors (Lipinski definition) is 1. The summed E-state index contributed by atoms with van der Waals surface area (Å²) in [7, 11) is 0. The summed E-state index contributed by atoms with van der Waals surface area (Å²) in [6.07, 6.45) is 6.01. The molecule has 0 atom stereocenters. The number of aromatic nitrogens is 4. The maximum absolute atomic E-state index is 4.96. The molecule has 5 heteroatoms. The molecule has 0 amide bonds. The molecule has 0 spiro atoms. The van der Waals surface area contributed by atoms with Gasteiger partial charge >= 0.3 is 0 Å². The van der Waals surface area contributed by atoms with Gasteiger partial charge in [0.25, 0.3) is 0 Å². The minimum atomic E-state index is 0.476. The van der Waals surface area contributed by atoms with Crippen molar-refractivity contribution in [3.05, 3.63) is 90.1 Å². The predicted molar refractivity (Wildman–Crippen MR) is 123 cm³/mol. The van der Waals surface area contributed by atoms with Gasteiger partial charge in [0.2, 0.25) is 0 Å². The third-order valence-electron chi connectivity index (χ3n) is 6.08. The molecule has 156 valence electrons. The van der Waals surface area contributed by atoms with Crippen LogP contribution in [-0.4, -0.2) is 37.9 Å². The van der Waals surface area contributed by atoms with Crippen LogP contribution in [0, 0.1) is 6.92 Å². The number of benzene rings is 2. The molecule has 2 aromatic heterocycles. The van der Waals surface area contributed by atoms with Crippen LogP contribution >= 0.6 is 0 Å². The molecule has 5 nitrogen and oxygen atoms in total. The summed E-state index contributed by atoms with van der Waals surface area (Å²) in [5.41, 5.74) is 5.41. The summed E-state index contributed by atoms with van der Waals surface area (Å²) in [6, 6.07) is 20.8. The molecule has 1 saturated heterocycles. The first-order chi connectivity index (χ1) is 15.3. The molecule has 0 saturated carbocycles. The number of nitrogens with zero attached hydrogens (tertiary/aromatic N) is 4. The number of aryl methyl sites for hydroxylation is 1. The zero-order chi connectivity index (χ0) is 21.0. The summed E-state index contributed by atoms with van der Waals surface area (Å²) in [6.45, 7) is 5.32. The van der Waals surface area contributed by atoms with Crippen molar-refractivity contribution in [3.8, 4) is 22.6 Å². The van der Waals surface area contributed by atoms with Crippen LogP contribution in [0.5, 0.6) is 0 Å². The number of likely N-dealkylation sites (tertiary alicyclic amines) is 1. The van der Waals surface area contributed by atoms with Crippen molar-refractivity contribution >= 4 is 0 Å². The molecular weight excluding hydrogens is 382 g/mol. The lowest BCUT2D eigenvalue weighted by Gasteiger charge is -2.31. The number of aromatic amines is 1. The molecule has 4 aromatic rings. The molecule has 5 rings (SSSR count). The van der Waals surface area contributed by atoms with Gasteiger partial charge in [-0.1, -0.05) is 60.7 Å². The normalized spacial score (nSPS) is 15.3. The Morgan fingerprint density at radius 3 is 2.19 bits per heavy atom. The van der Waals surface area contributed by atoms with E-state index in [4.69, 9.17) is 4.98 Å². The quantitative estimate of drug-likeness (QED) is 0.491. The van der Waals surface area contributed by atoms with Crippen LogP contribution < -0.4 is 0 Å². The lowest BCUT2D eigenvalue weighted by atomic mass is 9.96. The highest BCUT2D eigenvalue weighted by atomic mass is 15.1. The first-order valence-electron chi connectivity index (χ1n) is 11.0. The van der Waals surface area contributed by atoms with E-state index in [9.17, 15) is 0 Å². The molecular formula is C26H27N5. The van der Waals surface area contributed by atoms with Gasteiger partial charge in [-0.3, -0.25) is 4.90 Å². The molecule has 0 aliphatic carbocycles. The van der Waals surface area contributed by atoms with Gasteiger partial charge in [-0.15, -0.1) is 0 Å². The molecule has 1 aliphatic rings. The molecule has 1 aliphatic heterocycles. The average Bonchev–Trinajstić information content (AvgIpc) is 3.22. The average molecular weight is 410 g/mol. The van der Waals surface area contributed by atoms with E-state index >= 15 is 0 Å². The van der Waals surface area contributed by atoms with Crippen molar-refractivity contribution < 1.29 is 0 Å². The van der Waals surface area contributed by atoms with Crippen LogP contribution in [0.3, 0.4) is 0 Å². The van der Waals surface area contributed by atoms with Crippen molar-refractivity contribution in [2.45, 2.75) is 32.2 Å². The fourth-order valence-electron chi connectivity index (χ4n) is 4.35. The Morgan fingerprint density at radius 1 is 0.871 bits per heavy atom. The zero-order valence-corrected chi connectivity index (χ0v) is 17.8. The van der Waals surface area contributed by atoms with Crippen LogP contribution in [0.1, 0.15) is 35.8 Å². The van der Waals surface area contributed by atoms with Gasteiger partial charge in [-0.05, 0) is 38.4 Å². The highest BCUT2D eigenvalue weighted by Gasteiger charge is 2.24. The maximum Gasteiger partial charge on any atom is 0.159 e. The van der Waals surface area contributed by atoms with Crippen LogP contribution in [-0.2, 0) is 6.54 Å². The molecule has 1 fully saturated rings. The van der Waals surface area contributed by atoms with Gasteiger partial charge in [0.15, 0.2) is 5.82 Å². The maximum atomic E-state index is 4.96. The van der Waals surface area contributed by atoms with Gasteiger partial charge in [-0.25, -0.2) is 15.0 Å². The van der Waals surface area contributed by atoms with Gasteiger partial charge in [0, 0.05) is 41.7 Å². The van der Waals surface area contributed by atoms with Gasteiger partial charge in [-0.2, -0.15) is 0 Å². The van der Waals surface area contributed by atoms with E-state index in [1.807, 2.05) is 42.7 Å². The lowest BCUT2D eigenvalue weighted by molar-refractivity contribution is 0.202. The van der Waals surface area contributed by atoms with E-state index < -0.39 is 0 Å². The third kappa shape index (κ3) is 4.42. The second kappa shape index (κ2) is 8.82. The molecule has 1 N–H and O–H groups in total. The van der Waals surface area contributed by atoms with Crippen LogP contribution in [0.4, 0.5) is 0 Å². The number of H-pyrrole nitrogens is 1. The summed E-state index contributed by atoms with van der Waals surface area (Å²) in [4.78, 5) is 20.2. The Hall–Kier alpha value is -3.31. The van der Waals surface area contributed by atoms with Gasteiger partial charge in [0.1, 0.15) is 5.82 Å². The second-order valence-electron chi connectivity index (χ2n) is 8.29. The number of piperidine rings is 1. The summed E-state index contributed by atoms with van der Waals surface area (Å²) >= 11 is 0. The minimum Gasteiger partial charge on any atom is -0.345 e.